The van der Waals surface area contributed by atoms with E-state index < -0.39 is 4.92 Å². The zero-order chi connectivity index (χ0) is 19.3. The van der Waals surface area contributed by atoms with Gasteiger partial charge in [-0.1, -0.05) is 12.1 Å². The number of nitro benzene ring substituents is 1. The van der Waals surface area contributed by atoms with E-state index in [9.17, 15) is 15.2 Å². The minimum Gasteiger partial charge on any atom is -0.503 e. The third-order valence-electron chi connectivity index (χ3n) is 4.20. The first-order valence-electron chi connectivity index (χ1n) is 8.31. The molecule has 7 nitrogen and oxygen atoms in total. The highest BCUT2D eigenvalue weighted by molar-refractivity contribution is 5.65. The SMILES string of the molecule is COc1cc(CN(C)CCc2ccc([N+](=O)[O-])cc2)cc(N(C)C)c1O. The molecule has 0 fully saturated rings. The van der Waals surface area contributed by atoms with Gasteiger partial charge in [-0.05, 0) is 36.7 Å². The molecule has 0 heterocycles. The number of non-ortho nitro benzene ring substituents is 1. The Balaban J connectivity index is 2.02. The van der Waals surface area contributed by atoms with Crippen molar-refractivity contribution in [2.24, 2.45) is 0 Å². The van der Waals surface area contributed by atoms with Crippen molar-refractivity contribution < 1.29 is 14.8 Å². The minimum atomic E-state index is -0.392. The summed E-state index contributed by atoms with van der Waals surface area (Å²) in [5, 5.41) is 20.9. The Hall–Kier alpha value is -2.80. The number of anilines is 1. The summed E-state index contributed by atoms with van der Waals surface area (Å²) in [4.78, 5) is 14.3. The number of phenolic OH excluding ortho intramolecular Hbond substituents is 1. The van der Waals surface area contributed by atoms with Gasteiger partial charge in [0.15, 0.2) is 11.5 Å². The third-order valence-corrected chi connectivity index (χ3v) is 4.20. The Bertz CT molecular complexity index is 760. The topological polar surface area (TPSA) is 79.1 Å². The van der Waals surface area contributed by atoms with Gasteiger partial charge in [0, 0.05) is 39.3 Å². The average Bonchev–Trinajstić information content (AvgIpc) is 2.61. The average molecular weight is 359 g/mol. The summed E-state index contributed by atoms with van der Waals surface area (Å²) < 4.78 is 5.27. The maximum absolute atomic E-state index is 10.7. The number of benzene rings is 2. The van der Waals surface area contributed by atoms with Crippen LogP contribution in [0, 0.1) is 10.1 Å². The van der Waals surface area contributed by atoms with Gasteiger partial charge in [-0.15, -0.1) is 0 Å². The lowest BCUT2D eigenvalue weighted by atomic mass is 10.1. The smallest absolute Gasteiger partial charge is 0.269 e. The van der Waals surface area contributed by atoms with Crippen molar-refractivity contribution in [3.63, 3.8) is 0 Å². The van der Waals surface area contributed by atoms with Crippen molar-refractivity contribution in [1.29, 1.82) is 0 Å². The second-order valence-electron chi connectivity index (χ2n) is 6.47. The summed E-state index contributed by atoms with van der Waals surface area (Å²) in [5.74, 6) is 0.588. The Labute approximate surface area is 153 Å². The van der Waals surface area contributed by atoms with Crippen LogP contribution in [-0.2, 0) is 13.0 Å². The van der Waals surface area contributed by atoms with Crippen LogP contribution < -0.4 is 9.64 Å². The molecule has 0 unspecified atom stereocenters. The summed E-state index contributed by atoms with van der Waals surface area (Å²) in [6.45, 7) is 1.50. The maximum Gasteiger partial charge on any atom is 0.269 e. The quantitative estimate of drug-likeness (QED) is 0.576. The maximum atomic E-state index is 10.7. The molecular weight excluding hydrogens is 334 g/mol. The zero-order valence-corrected chi connectivity index (χ0v) is 15.6. The highest BCUT2D eigenvalue weighted by atomic mass is 16.6. The number of rotatable bonds is 8. The molecule has 0 aliphatic carbocycles. The van der Waals surface area contributed by atoms with E-state index in [-0.39, 0.29) is 11.4 Å². The third kappa shape index (κ3) is 4.86. The normalized spacial score (nSPS) is 10.8. The standard InChI is InChI=1S/C19H25N3O4/c1-20(2)17-11-15(12-18(26-4)19(17)23)13-21(3)10-9-14-5-7-16(8-6-14)22(24)25/h5-8,11-12,23H,9-10,13H2,1-4H3. The fraction of sp³-hybridized carbons (Fsp3) is 0.368. The van der Waals surface area contributed by atoms with Crippen LogP contribution >= 0.6 is 0 Å². The van der Waals surface area contributed by atoms with Crippen molar-refractivity contribution in [3.05, 3.63) is 57.6 Å². The predicted molar refractivity (Wildman–Crippen MR) is 102 cm³/mol. The molecule has 0 saturated heterocycles. The Kier molecular flexibility index (Phi) is 6.41. The van der Waals surface area contributed by atoms with Crippen LogP contribution in [0.2, 0.25) is 0 Å². The molecule has 7 heteroatoms. The molecule has 0 saturated carbocycles. The van der Waals surface area contributed by atoms with Crippen molar-refractivity contribution in [2.45, 2.75) is 13.0 Å². The van der Waals surface area contributed by atoms with Gasteiger partial charge in [0.1, 0.15) is 0 Å². The number of nitro groups is 1. The molecule has 1 N–H and O–H groups in total. The first kappa shape index (κ1) is 19.5. The van der Waals surface area contributed by atoms with E-state index >= 15 is 0 Å². The lowest BCUT2D eigenvalue weighted by Gasteiger charge is -2.21. The number of methoxy groups -OCH3 is 1. The van der Waals surface area contributed by atoms with Crippen LogP contribution in [0.25, 0.3) is 0 Å². The minimum absolute atomic E-state index is 0.106. The Morgan fingerprint density at radius 3 is 2.31 bits per heavy atom. The molecule has 2 aromatic rings. The number of phenols is 1. The van der Waals surface area contributed by atoms with E-state index in [1.807, 2.05) is 38.2 Å². The van der Waals surface area contributed by atoms with Crippen LogP contribution in [0.5, 0.6) is 11.5 Å². The summed E-state index contributed by atoms with van der Waals surface area (Å²) in [7, 11) is 7.30. The van der Waals surface area contributed by atoms with Gasteiger partial charge in [0.2, 0.25) is 0 Å². The van der Waals surface area contributed by atoms with Crippen LogP contribution in [0.15, 0.2) is 36.4 Å². The highest BCUT2D eigenvalue weighted by Crippen LogP contribution is 2.37. The van der Waals surface area contributed by atoms with Crippen LogP contribution in [0.4, 0.5) is 11.4 Å². The van der Waals surface area contributed by atoms with Crippen LogP contribution in [-0.4, -0.2) is 49.7 Å². The molecule has 0 bridgehead atoms. The molecular formula is C19H25N3O4. The monoisotopic (exact) mass is 359 g/mol. The summed E-state index contributed by atoms with van der Waals surface area (Å²) >= 11 is 0. The lowest BCUT2D eigenvalue weighted by Crippen LogP contribution is -2.21. The number of hydrogen-bond donors (Lipinski definition) is 1. The van der Waals surface area contributed by atoms with Crippen molar-refractivity contribution in [1.82, 2.24) is 4.90 Å². The summed E-state index contributed by atoms with van der Waals surface area (Å²) in [6.07, 6.45) is 0.796. The number of ether oxygens (including phenoxy) is 1. The molecule has 0 spiro atoms. The summed E-state index contributed by atoms with van der Waals surface area (Å²) in [5.41, 5.74) is 2.91. The second-order valence-corrected chi connectivity index (χ2v) is 6.47. The van der Waals surface area contributed by atoms with E-state index in [1.54, 1.807) is 12.1 Å². The van der Waals surface area contributed by atoms with Crippen LogP contribution in [0.3, 0.4) is 0 Å². The largest absolute Gasteiger partial charge is 0.503 e. The molecule has 26 heavy (non-hydrogen) atoms. The molecule has 2 rings (SSSR count). The number of hydrogen-bond acceptors (Lipinski definition) is 6. The van der Waals surface area contributed by atoms with Gasteiger partial charge in [-0.25, -0.2) is 0 Å². The van der Waals surface area contributed by atoms with E-state index in [4.69, 9.17) is 4.74 Å². The molecule has 0 aliphatic rings. The molecule has 0 aliphatic heterocycles. The Morgan fingerprint density at radius 2 is 1.77 bits per heavy atom. The van der Waals surface area contributed by atoms with Gasteiger partial charge in [-0.2, -0.15) is 0 Å². The predicted octanol–water partition coefficient (Wildman–Crippen LogP) is 3.05. The van der Waals surface area contributed by atoms with Gasteiger partial charge in [-0.3, -0.25) is 10.1 Å². The fourth-order valence-corrected chi connectivity index (χ4v) is 2.73. The van der Waals surface area contributed by atoms with E-state index in [0.717, 1.165) is 24.1 Å². The van der Waals surface area contributed by atoms with Crippen LogP contribution in [0.1, 0.15) is 11.1 Å². The molecule has 0 aromatic heterocycles. The fourth-order valence-electron chi connectivity index (χ4n) is 2.73. The molecule has 0 atom stereocenters. The lowest BCUT2D eigenvalue weighted by molar-refractivity contribution is -0.384. The molecule has 0 amide bonds. The first-order chi connectivity index (χ1) is 12.3. The molecule has 140 valence electrons. The van der Waals surface area contributed by atoms with Gasteiger partial charge in [0.05, 0.1) is 17.7 Å². The van der Waals surface area contributed by atoms with E-state index in [2.05, 4.69) is 4.90 Å². The number of aromatic hydroxyl groups is 1. The van der Waals surface area contributed by atoms with Crippen molar-refractivity contribution in [3.8, 4) is 11.5 Å². The van der Waals surface area contributed by atoms with Crippen molar-refractivity contribution >= 4 is 11.4 Å². The zero-order valence-electron chi connectivity index (χ0n) is 15.6. The van der Waals surface area contributed by atoms with E-state index in [0.29, 0.717) is 18.0 Å². The van der Waals surface area contributed by atoms with E-state index in [1.165, 1.54) is 19.2 Å². The number of nitrogens with zero attached hydrogens (tertiary/aromatic N) is 3. The number of likely N-dealkylation sites (N-methyl/N-ethyl adjacent to an activating group) is 1. The first-order valence-corrected chi connectivity index (χ1v) is 8.31. The Morgan fingerprint density at radius 1 is 1.12 bits per heavy atom. The van der Waals surface area contributed by atoms with Crippen molar-refractivity contribution in [2.75, 3.05) is 39.7 Å². The molecule has 0 radical (unpaired) electrons. The van der Waals surface area contributed by atoms with Gasteiger partial charge in [0.25, 0.3) is 5.69 Å². The molecule has 2 aromatic carbocycles. The second kappa shape index (κ2) is 8.53. The van der Waals surface area contributed by atoms with Gasteiger partial charge >= 0.3 is 0 Å². The highest BCUT2D eigenvalue weighted by Gasteiger charge is 2.13. The summed E-state index contributed by atoms with van der Waals surface area (Å²) in [6, 6.07) is 10.4. The van der Waals surface area contributed by atoms with Gasteiger partial charge < -0.3 is 19.6 Å².